The molecule has 0 spiro atoms. The van der Waals surface area contributed by atoms with Gasteiger partial charge in [-0.3, -0.25) is 0 Å². The van der Waals surface area contributed by atoms with E-state index in [2.05, 4.69) is 17.9 Å². The van der Waals surface area contributed by atoms with E-state index < -0.39 is 0 Å². The van der Waals surface area contributed by atoms with Crippen LogP contribution in [-0.2, 0) is 0 Å². The van der Waals surface area contributed by atoms with Crippen molar-refractivity contribution in [1.29, 1.82) is 0 Å². The molecule has 0 saturated heterocycles. The highest BCUT2D eigenvalue weighted by Gasteiger charge is 1.96. The van der Waals surface area contributed by atoms with E-state index in [1.807, 2.05) is 6.92 Å². The van der Waals surface area contributed by atoms with Gasteiger partial charge in [-0.1, -0.05) is 6.92 Å². The van der Waals surface area contributed by atoms with Gasteiger partial charge >= 0.3 is 0 Å². The molecule has 2 nitrogen and oxygen atoms in total. The maximum absolute atomic E-state index is 9.00. The highest BCUT2D eigenvalue weighted by atomic mass is 35.5. The van der Waals surface area contributed by atoms with Crippen LogP contribution in [0.2, 0.25) is 0 Å². The second-order valence-electron chi connectivity index (χ2n) is 1.99. The molecule has 0 aliphatic rings. The van der Waals surface area contributed by atoms with E-state index in [0.717, 1.165) is 18.7 Å². The van der Waals surface area contributed by atoms with E-state index in [0.29, 0.717) is 6.54 Å². The van der Waals surface area contributed by atoms with Gasteiger partial charge < -0.3 is 10.4 Å². The Morgan fingerprint density at radius 3 is 2.60 bits per heavy atom. The molecule has 2 N–H and O–H groups in total. The first-order chi connectivity index (χ1) is 4.31. The molecule has 10 heavy (non-hydrogen) atoms. The third-order valence-electron chi connectivity index (χ3n) is 1.14. The van der Waals surface area contributed by atoms with Gasteiger partial charge in [0, 0.05) is 18.8 Å². The fraction of sp³-hybridized carbons (Fsp3) is 1.00. The van der Waals surface area contributed by atoms with Gasteiger partial charge in [0.1, 0.15) is 0 Å². The average molecular weight is 186 g/mol. The van der Waals surface area contributed by atoms with Crippen LogP contribution in [0.3, 0.4) is 0 Å². The zero-order chi connectivity index (χ0) is 7.11. The van der Waals surface area contributed by atoms with Gasteiger partial charge in [-0.25, -0.2) is 0 Å². The number of nitrogens with one attached hydrogen (secondary N) is 1. The number of halogens is 1. The SMILES string of the molecule is CCC(O)CNCCS.Cl. The summed E-state index contributed by atoms with van der Waals surface area (Å²) >= 11 is 4.01. The van der Waals surface area contributed by atoms with Crippen molar-refractivity contribution in [2.45, 2.75) is 19.4 Å². The number of rotatable bonds is 5. The summed E-state index contributed by atoms with van der Waals surface area (Å²) in [5.41, 5.74) is 0. The maximum atomic E-state index is 9.00. The number of aliphatic hydroxyl groups excluding tert-OH is 1. The largest absolute Gasteiger partial charge is 0.392 e. The molecule has 0 amide bonds. The van der Waals surface area contributed by atoms with Crippen molar-refractivity contribution in [1.82, 2.24) is 5.32 Å². The third kappa shape index (κ3) is 8.56. The fourth-order valence-electron chi connectivity index (χ4n) is 0.492. The van der Waals surface area contributed by atoms with Gasteiger partial charge in [-0.15, -0.1) is 12.4 Å². The van der Waals surface area contributed by atoms with Crippen LogP contribution >= 0.6 is 25.0 Å². The van der Waals surface area contributed by atoms with Crippen LogP contribution in [0, 0.1) is 0 Å². The summed E-state index contributed by atoms with van der Waals surface area (Å²) in [5, 5.41) is 12.1. The lowest BCUT2D eigenvalue weighted by atomic mass is 10.3. The maximum Gasteiger partial charge on any atom is 0.0662 e. The summed E-state index contributed by atoms with van der Waals surface area (Å²) in [5.74, 6) is 0.830. The Morgan fingerprint density at radius 2 is 2.20 bits per heavy atom. The summed E-state index contributed by atoms with van der Waals surface area (Å²) in [7, 11) is 0. The van der Waals surface area contributed by atoms with Crippen LogP contribution < -0.4 is 5.32 Å². The molecule has 64 valence electrons. The lowest BCUT2D eigenvalue weighted by molar-refractivity contribution is 0.168. The molecule has 0 radical (unpaired) electrons. The molecule has 0 rings (SSSR count). The number of hydrogen-bond acceptors (Lipinski definition) is 3. The molecule has 0 aliphatic carbocycles. The minimum absolute atomic E-state index is 0. The quantitative estimate of drug-likeness (QED) is 0.435. The summed E-state index contributed by atoms with van der Waals surface area (Å²) in [4.78, 5) is 0. The topological polar surface area (TPSA) is 32.3 Å². The van der Waals surface area contributed by atoms with Gasteiger partial charge in [-0.05, 0) is 6.42 Å². The van der Waals surface area contributed by atoms with Crippen LogP contribution in [0.4, 0.5) is 0 Å². The lowest BCUT2D eigenvalue weighted by Crippen LogP contribution is -2.27. The molecule has 0 heterocycles. The van der Waals surface area contributed by atoms with Crippen LogP contribution in [0.15, 0.2) is 0 Å². The minimum Gasteiger partial charge on any atom is -0.392 e. The predicted octanol–water partition coefficient (Wildman–Crippen LogP) is 0.698. The van der Waals surface area contributed by atoms with Crippen molar-refractivity contribution in [2.24, 2.45) is 0 Å². The van der Waals surface area contributed by atoms with Gasteiger partial charge in [0.2, 0.25) is 0 Å². The fourth-order valence-corrected chi connectivity index (χ4v) is 0.650. The highest BCUT2D eigenvalue weighted by Crippen LogP contribution is 1.85. The zero-order valence-corrected chi connectivity index (χ0v) is 7.92. The van der Waals surface area contributed by atoms with Gasteiger partial charge in [-0.2, -0.15) is 12.6 Å². The Kier molecular flexibility index (Phi) is 12.6. The molecule has 1 unspecified atom stereocenters. The Labute approximate surface area is 74.2 Å². The van der Waals surface area contributed by atoms with Crippen LogP contribution in [0.5, 0.6) is 0 Å². The molecule has 0 aromatic carbocycles. The van der Waals surface area contributed by atoms with E-state index in [4.69, 9.17) is 5.11 Å². The molecule has 0 bridgehead atoms. The first-order valence-electron chi connectivity index (χ1n) is 3.31. The molecule has 1 atom stereocenters. The van der Waals surface area contributed by atoms with E-state index >= 15 is 0 Å². The first kappa shape index (κ1) is 13.2. The zero-order valence-electron chi connectivity index (χ0n) is 6.21. The molecule has 0 aliphatic heterocycles. The smallest absolute Gasteiger partial charge is 0.0662 e. The first-order valence-corrected chi connectivity index (χ1v) is 3.94. The molecule has 0 fully saturated rings. The Bertz CT molecular complexity index is 65.7. The van der Waals surface area contributed by atoms with Crippen molar-refractivity contribution in [2.75, 3.05) is 18.8 Å². The normalized spacial score (nSPS) is 12.3. The summed E-state index contributed by atoms with van der Waals surface area (Å²) in [6, 6.07) is 0. The number of aliphatic hydroxyl groups is 1. The summed E-state index contributed by atoms with van der Waals surface area (Å²) in [6.07, 6.45) is 0.629. The van der Waals surface area contributed by atoms with E-state index in [9.17, 15) is 0 Å². The highest BCUT2D eigenvalue weighted by molar-refractivity contribution is 7.80. The average Bonchev–Trinajstić information content (AvgIpc) is 1.89. The molecular weight excluding hydrogens is 170 g/mol. The van der Waals surface area contributed by atoms with Gasteiger partial charge in [0.25, 0.3) is 0 Å². The van der Waals surface area contributed by atoms with Crippen LogP contribution in [0.1, 0.15) is 13.3 Å². The molecule has 0 aromatic heterocycles. The summed E-state index contributed by atoms with van der Waals surface area (Å²) in [6.45, 7) is 3.53. The van der Waals surface area contributed by atoms with Crippen molar-refractivity contribution < 1.29 is 5.11 Å². The van der Waals surface area contributed by atoms with Crippen molar-refractivity contribution in [3.8, 4) is 0 Å². The second-order valence-corrected chi connectivity index (χ2v) is 2.44. The Hall–Kier alpha value is 0.560. The minimum atomic E-state index is -0.190. The Morgan fingerprint density at radius 1 is 1.60 bits per heavy atom. The second kappa shape index (κ2) is 9.56. The third-order valence-corrected chi connectivity index (χ3v) is 1.36. The van der Waals surface area contributed by atoms with E-state index in [1.54, 1.807) is 0 Å². The van der Waals surface area contributed by atoms with Crippen molar-refractivity contribution in [3.63, 3.8) is 0 Å². The summed E-state index contributed by atoms with van der Waals surface area (Å²) < 4.78 is 0. The molecule has 0 aromatic rings. The van der Waals surface area contributed by atoms with Gasteiger partial charge in [0.05, 0.1) is 6.10 Å². The molecular formula is C6H16ClNOS. The predicted molar refractivity (Wildman–Crippen MR) is 50.3 cm³/mol. The lowest BCUT2D eigenvalue weighted by Gasteiger charge is -2.06. The standard InChI is InChI=1S/C6H15NOS.ClH/c1-2-6(8)5-7-3-4-9;/h6-9H,2-5H2,1H3;1H. The van der Waals surface area contributed by atoms with Gasteiger partial charge in [0.15, 0.2) is 0 Å². The molecule has 0 saturated carbocycles. The van der Waals surface area contributed by atoms with E-state index in [-0.39, 0.29) is 18.5 Å². The number of thiol groups is 1. The molecule has 4 heteroatoms. The van der Waals surface area contributed by atoms with E-state index in [1.165, 1.54) is 0 Å². The Balaban J connectivity index is 0. The van der Waals surface area contributed by atoms with Crippen molar-refractivity contribution in [3.05, 3.63) is 0 Å². The monoisotopic (exact) mass is 185 g/mol. The van der Waals surface area contributed by atoms with Crippen LogP contribution in [-0.4, -0.2) is 30.1 Å². The number of hydrogen-bond donors (Lipinski definition) is 3. The van der Waals surface area contributed by atoms with Crippen molar-refractivity contribution >= 4 is 25.0 Å². The van der Waals surface area contributed by atoms with Crippen LogP contribution in [0.25, 0.3) is 0 Å².